The van der Waals surface area contributed by atoms with Crippen molar-refractivity contribution >= 4 is 0 Å². The van der Waals surface area contributed by atoms with Gasteiger partial charge in [-0.25, -0.2) is 0 Å². The van der Waals surface area contributed by atoms with Gasteiger partial charge < -0.3 is 14.4 Å². The van der Waals surface area contributed by atoms with Crippen LogP contribution in [-0.2, 0) is 9.47 Å². The van der Waals surface area contributed by atoms with Crippen LogP contribution in [0.5, 0.6) is 0 Å². The van der Waals surface area contributed by atoms with Gasteiger partial charge in [-0.1, -0.05) is 13.8 Å². The summed E-state index contributed by atoms with van der Waals surface area (Å²) in [5.41, 5.74) is 0. The van der Waals surface area contributed by atoms with Gasteiger partial charge in [-0.15, -0.1) is 0 Å². The topological polar surface area (TPSA) is 21.7 Å². The predicted molar refractivity (Wildman–Crippen MR) is 68.9 cm³/mol. The molecule has 0 N–H and O–H groups in total. The van der Waals surface area contributed by atoms with Crippen LogP contribution in [0.3, 0.4) is 0 Å². The molecule has 0 atom stereocenters. The van der Waals surface area contributed by atoms with E-state index in [1.165, 1.54) is 32.4 Å². The second kappa shape index (κ2) is 11.4. The second-order valence-electron chi connectivity index (χ2n) is 4.06. The summed E-state index contributed by atoms with van der Waals surface area (Å²) in [4.78, 5) is 2.49. The molecule has 0 aromatic heterocycles. The highest BCUT2D eigenvalue weighted by molar-refractivity contribution is 4.71. The second-order valence-corrected chi connectivity index (χ2v) is 4.06. The van der Waals surface area contributed by atoms with Crippen molar-refractivity contribution in [2.24, 2.45) is 5.92 Å². The molecule has 1 aliphatic heterocycles. The lowest BCUT2D eigenvalue weighted by molar-refractivity contribution is 0.106. The molecular weight excluding hydrogens is 202 g/mol. The number of hydrogen-bond acceptors (Lipinski definition) is 3. The Labute approximate surface area is 101 Å². The Morgan fingerprint density at radius 1 is 1.00 bits per heavy atom. The van der Waals surface area contributed by atoms with Crippen molar-refractivity contribution in [3.05, 3.63) is 0 Å². The lowest BCUT2D eigenvalue weighted by atomic mass is 9.94. The Kier molecular flexibility index (Phi) is 11.3. The molecule has 0 amide bonds. The molecule has 16 heavy (non-hydrogen) atoms. The molecule has 98 valence electrons. The molecule has 1 heterocycles. The molecule has 1 fully saturated rings. The van der Waals surface area contributed by atoms with Crippen LogP contribution in [0.25, 0.3) is 0 Å². The highest BCUT2D eigenvalue weighted by Gasteiger charge is 2.18. The van der Waals surface area contributed by atoms with E-state index in [-0.39, 0.29) is 0 Å². The smallest absolute Gasteiger partial charge is 0.0589 e. The van der Waals surface area contributed by atoms with Gasteiger partial charge in [0.2, 0.25) is 0 Å². The molecular formula is C13H29NO2. The fourth-order valence-electron chi connectivity index (χ4n) is 2.00. The van der Waals surface area contributed by atoms with E-state index in [9.17, 15) is 0 Å². The molecule has 3 heteroatoms. The van der Waals surface area contributed by atoms with E-state index >= 15 is 0 Å². The van der Waals surface area contributed by atoms with E-state index in [4.69, 9.17) is 9.47 Å². The molecule has 1 aliphatic rings. The number of piperidine rings is 1. The third kappa shape index (κ3) is 7.20. The van der Waals surface area contributed by atoms with E-state index in [2.05, 4.69) is 4.90 Å². The van der Waals surface area contributed by atoms with Gasteiger partial charge >= 0.3 is 0 Å². The molecule has 0 bridgehead atoms. The van der Waals surface area contributed by atoms with Crippen molar-refractivity contribution in [1.82, 2.24) is 4.90 Å². The third-order valence-electron chi connectivity index (χ3n) is 3.05. The van der Waals surface area contributed by atoms with Crippen LogP contribution in [0.15, 0.2) is 0 Å². The summed E-state index contributed by atoms with van der Waals surface area (Å²) >= 11 is 0. The Morgan fingerprint density at radius 3 is 2.06 bits per heavy atom. The summed E-state index contributed by atoms with van der Waals surface area (Å²) < 4.78 is 10.2. The molecule has 1 rings (SSSR count). The average molecular weight is 231 g/mol. The van der Waals surface area contributed by atoms with Crippen molar-refractivity contribution < 1.29 is 9.47 Å². The van der Waals surface area contributed by atoms with Gasteiger partial charge in [-0.05, 0) is 38.3 Å². The van der Waals surface area contributed by atoms with Crippen LogP contribution in [-0.4, -0.2) is 52.0 Å². The van der Waals surface area contributed by atoms with E-state index in [1.54, 1.807) is 14.2 Å². The summed E-state index contributed by atoms with van der Waals surface area (Å²) in [6, 6.07) is 0. The van der Waals surface area contributed by atoms with Crippen LogP contribution >= 0.6 is 0 Å². The Balaban J connectivity index is 0.00000106. The first-order valence-corrected chi connectivity index (χ1v) is 6.57. The minimum atomic E-state index is 0.864. The summed E-state index contributed by atoms with van der Waals surface area (Å²) in [6.07, 6.45) is 3.88. The minimum Gasteiger partial charge on any atom is -0.385 e. The molecule has 0 aromatic carbocycles. The first-order valence-electron chi connectivity index (χ1n) is 6.57. The van der Waals surface area contributed by atoms with Crippen molar-refractivity contribution in [3.63, 3.8) is 0 Å². The highest BCUT2D eigenvalue weighted by Crippen LogP contribution is 2.19. The maximum absolute atomic E-state index is 5.10. The maximum atomic E-state index is 5.10. The van der Waals surface area contributed by atoms with Crippen molar-refractivity contribution in [2.45, 2.75) is 33.1 Å². The van der Waals surface area contributed by atoms with Gasteiger partial charge in [0.1, 0.15) is 0 Å². The normalized spacial score (nSPS) is 18.0. The number of rotatable bonds is 6. The van der Waals surface area contributed by atoms with Crippen LogP contribution < -0.4 is 0 Å². The first-order chi connectivity index (χ1) is 7.86. The Bertz CT molecular complexity index is 118. The number of ether oxygens (including phenoxy) is 2. The zero-order valence-electron chi connectivity index (χ0n) is 11.5. The van der Waals surface area contributed by atoms with Gasteiger partial charge in [-0.2, -0.15) is 0 Å². The Hall–Kier alpha value is -0.120. The zero-order chi connectivity index (χ0) is 12.2. The number of likely N-dealkylation sites (tertiary alicyclic amines) is 1. The lowest BCUT2D eigenvalue weighted by Crippen LogP contribution is -2.36. The maximum Gasteiger partial charge on any atom is 0.0589 e. The molecule has 0 saturated carbocycles. The fourth-order valence-corrected chi connectivity index (χ4v) is 2.00. The monoisotopic (exact) mass is 231 g/mol. The molecule has 3 nitrogen and oxygen atoms in total. The summed E-state index contributed by atoms with van der Waals surface area (Å²) in [7, 11) is 3.55. The van der Waals surface area contributed by atoms with E-state index in [0.717, 1.165) is 25.7 Å². The largest absolute Gasteiger partial charge is 0.385 e. The van der Waals surface area contributed by atoms with Gasteiger partial charge in [0.05, 0.1) is 6.61 Å². The number of hydrogen-bond donors (Lipinski definition) is 0. The zero-order valence-corrected chi connectivity index (χ0v) is 11.5. The Morgan fingerprint density at radius 2 is 1.56 bits per heavy atom. The summed E-state index contributed by atoms with van der Waals surface area (Å²) in [5.74, 6) is 0.883. The van der Waals surface area contributed by atoms with Gasteiger partial charge in [0.15, 0.2) is 0 Å². The first kappa shape index (κ1) is 15.9. The van der Waals surface area contributed by atoms with Crippen LogP contribution in [0, 0.1) is 5.92 Å². The lowest BCUT2D eigenvalue weighted by Gasteiger charge is -2.31. The van der Waals surface area contributed by atoms with Gasteiger partial charge in [0, 0.05) is 27.4 Å². The third-order valence-corrected chi connectivity index (χ3v) is 3.05. The van der Waals surface area contributed by atoms with Crippen molar-refractivity contribution in [1.29, 1.82) is 0 Å². The molecule has 0 aliphatic carbocycles. The number of nitrogens with zero attached hydrogens (tertiary/aromatic N) is 1. The SMILES string of the molecule is CC.COCCC1CCN(CCOC)CC1. The summed E-state index contributed by atoms with van der Waals surface area (Å²) in [6.45, 7) is 9.34. The van der Waals surface area contributed by atoms with Crippen molar-refractivity contribution in [2.75, 3.05) is 47.1 Å². The summed E-state index contributed by atoms with van der Waals surface area (Å²) in [5, 5.41) is 0. The van der Waals surface area contributed by atoms with E-state index in [0.29, 0.717) is 0 Å². The van der Waals surface area contributed by atoms with E-state index < -0.39 is 0 Å². The van der Waals surface area contributed by atoms with Gasteiger partial charge in [-0.3, -0.25) is 0 Å². The highest BCUT2D eigenvalue weighted by atomic mass is 16.5. The van der Waals surface area contributed by atoms with Gasteiger partial charge in [0.25, 0.3) is 0 Å². The number of methoxy groups -OCH3 is 2. The minimum absolute atomic E-state index is 0.864. The van der Waals surface area contributed by atoms with E-state index in [1.807, 2.05) is 13.8 Å². The molecule has 0 spiro atoms. The standard InChI is InChI=1S/C11H23NO2.C2H6/c1-13-9-5-11-3-6-12(7-4-11)8-10-14-2;1-2/h11H,3-10H2,1-2H3;1-2H3. The van der Waals surface area contributed by atoms with Crippen molar-refractivity contribution in [3.8, 4) is 0 Å². The van der Waals surface area contributed by atoms with Crippen LogP contribution in [0.1, 0.15) is 33.1 Å². The predicted octanol–water partition coefficient (Wildman–Crippen LogP) is 2.41. The molecule has 0 radical (unpaired) electrons. The quantitative estimate of drug-likeness (QED) is 0.700. The van der Waals surface area contributed by atoms with Crippen LogP contribution in [0.4, 0.5) is 0 Å². The fraction of sp³-hybridized carbons (Fsp3) is 1.00. The van der Waals surface area contributed by atoms with Crippen LogP contribution in [0.2, 0.25) is 0 Å². The molecule has 0 aromatic rings. The molecule has 1 saturated heterocycles. The molecule has 0 unspecified atom stereocenters. The average Bonchev–Trinajstić information content (AvgIpc) is 2.37.